The number of nitrogens with zero attached hydrogens (tertiary/aromatic N) is 3. The molecule has 9 heteroatoms. The van der Waals surface area contributed by atoms with Crippen molar-refractivity contribution in [2.24, 2.45) is 12.8 Å². The molecule has 7 nitrogen and oxygen atoms in total. The van der Waals surface area contributed by atoms with Crippen molar-refractivity contribution < 1.29 is 13.2 Å². The number of thioether (sulfide) groups is 1. The Kier molecular flexibility index (Phi) is 3.62. The summed E-state index contributed by atoms with van der Waals surface area (Å²) in [4.78, 5) is 10.7. The number of primary amides is 1. The smallest absolute Gasteiger partial charge is 0.227 e. The maximum absolute atomic E-state index is 11.4. The number of sulfone groups is 1. The molecule has 2 N–H and O–H groups in total. The van der Waals surface area contributed by atoms with Gasteiger partial charge in [0.25, 0.3) is 0 Å². The van der Waals surface area contributed by atoms with Crippen LogP contribution >= 0.6 is 11.8 Å². The van der Waals surface area contributed by atoms with Crippen molar-refractivity contribution in [2.75, 3.05) is 17.3 Å². The van der Waals surface area contributed by atoms with Gasteiger partial charge in [0, 0.05) is 13.0 Å². The summed E-state index contributed by atoms with van der Waals surface area (Å²) in [6, 6.07) is 0. The van der Waals surface area contributed by atoms with E-state index < -0.39 is 15.7 Å². The van der Waals surface area contributed by atoms with Gasteiger partial charge in [-0.1, -0.05) is 11.8 Å². The van der Waals surface area contributed by atoms with Crippen LogP contribution in [0.25, 0.3) is 0 Å². The maximum Gasteiger partial charge on any atom is 0.227 e. The van der Waals surface area contributed by atoms with Crippen LogP contribution in [0, 0.1) is 0 Å². The molecule has 1 atom stereocenters. The van der Waals surface area contributed by atoms with Crippen molar-refractivity contribution in [1.29, 1.82) is 0 Å². The first kappa shape index (κ1) is 13.3. The zero-order chi connectivity index (χ0) is 13.3. The zero-order valence-corrected chi connectivity index (χ0v) is 11.5. The van der Waals surface area contributed by atoms with Gasteiger partial charge >= 0.3 is 0 Å². The van der Waals surface area contributed by atoms with Crippen LogP contribution in [-0.4, -0.2) is 46.3 Å². The average molecular weight is 290 g/mol. The third-order valence-corrected chi connectivity index (χ3v) is 5.62. The predicted octanol–water partition coefficient (Wildman–Crippen LogP) is -0.705. The quantitative estimate of drug-likeness (QED) is 0.734. The first-order valence-electron chi connectivity index (χ1n) is 5.40. The Hall–Kier alpha value is -1.09. The highest BCUT2D eigenvalue weighted by Gasteiger charge is 2.32. The molecule has 2 heterocycles. The van der Waals surface area contributed by atoms with E-state index in [1.54, 1.807) is 11.6 Å². The van der Waals surface area contributed by atoms with Crippen LogP contribution < -0.4 is 5.73 Å². The average Bonchev–Trinajstić information content (AvgIpc) is 2.79. The van der Waals surface area contributed by atoms with Crippen LogP contribution in [-0.2, 0) is 21.7 Å². The second-order valence-corrected chi connectivity index (χ2v) is 7.43. The number of carbonyl (C=O) groups excluding carboxylic acids is 1. The van der Waals surface area contributed by atoms with Crippen LogP contribution in [0.1, 0.15) is 18.2 Å². The molecule has 1 aliphatic heterocycles. The first-order chi connectivity index (χ1) is 8.39. The maximum atomic E-state index is 11.4. The van der Waals surface area contributed by atoms with Crippen molar-refractivity contribution in [3.8, 4) is 0 Å². The molecule has 1 aromatic rings. The standard InChI is InChI=1S/C9H14N4O3S2/c1-13-8(6-2-3-18(15,16)5-6)11-12-9(13)17-4-7(10)14/h6H,2-5H2,1H3,(H2,10,14)/t6-/m0/s1. The molecule has 18 heavy (non-hydrogen) atoms. The van der Waals surface area contributed by atoms with Crippen molar-refractivity contribution >= 4 is 27.5 Å². The minimum Gasteiger partial charge on any atom is -0.369 e. The molecule has 0 aromatic carbocycles. The largest absolute Gasteiger partial charge is 0.369 e. The van der Waals surface area contributed by atoms with Crippen molar-refractivity contribution in [3.63, 3.8) is 0 Å². The van der Waals surface area contributed by atoms with E-state index in [1.165, 1.54) is 11.8 Å². The normalized spacial score (nSPS) is 22.2. The molecular weight excluding hydrogens is 276 g/mol. The molecular formula is C9H14N4O3S2. The molecule has 1 fully saturated rings. The molecule has 0 unspecified atom stereocenters. The molecule has 1 aliphatic rings. The lowest BCUT2D eigenvalue weighted by Gasteiger charge is -2.07. The monoisotopic (exact) mass is 290 g/mol. The van der Waals surface area contributed by atoms with Gasteiger partial charge in [-0.05, 0) is 6.42 Å². The summed E-state index contributed by atoms with van der Waals surface area (Å²) in [5, 5.41) is 8.55. The summed E-state index contributed by atoms with van der Waals surface area (Å²) in [7, 11) is -1.17. The molecule has 1 amide bonds. The molecule has 0 bridgehead atoms. The van der Waals surface area contributed by atoms with Gasteiger partial charge in [0.15, 0.2) is 15.0 Å². The second-order valence-electron chi connectivity index (χ2n) is 4.25. The zero-order valence-electron chi connectivity index (χ0n) is 9.87. The molecule has 0 spiro atoms. The van der Waals surface area contributed by atoms with E-state index in [1.807, 2.05) is 0 Å². The highest BCUT2D eigenvalue weighted by atomic mass is 32.2. The van der Waals surface area contributed by atoms with Crippen LogP contribution in [0.15, 0.2) is 5.16 Å². The lowest BCUT2D eigenvalue weighted by Crippen LogP contribution is -2.14. The van der Waals surface area contributed by atoms with E-state index in [2.05, 4.69) is 10.2 Å². The van der Waals surface area contributed by atoms with Crippen LogP contribution in [0.3, 0.4) is 0 Å². The Labute approximate surface area is 109 Å². The Bertz CT molecular complexity index is 566. The number of hydrogen-bond donors (Lipinski definition) is 1. The van der Waals surface area contributed by atoms with E-state index in [0.29, 0.717) is 17.4 Å². The summed E-state index contributed by atoms with van der Waals surface area (Å²) in [5.74, 6) is 0.592. The van der Waals surface area contributed by atoms with Gasteiger partial charge in [0.1, 0.15) is 5.82 Å². The Balaban J connectivity index is 2.14. The van der Waals surface area contributed by atoms with E-state index >= 15 is 0 Å². The van der Waals surface area contributed by atoms with Crippen molar-refractivity contribution in [2.45, 2.75) is 17.5 Å². The third kappa shape index (κ3) is 2.83. The van der Waals surface area contributed by atoms with Crippen LogP contribution in [0.5, 0.6) is 0 Å². The van der Waals surface area contributed by atoms with E-state index in [9.17, 15) is 13.2 Å². The van der Waals surface area contributed by atoms with Crippen LogP contribution in [0.2, 0.25) is 0 Å². The minimum atomic E-state index is -2.94. The fourth-order valence-corrected chi connectivity index (χ4v) is 4.34. The molecule has 0 aliphatic carbocycles. The van der Waals surface area contributed by atoms with E-state index in [-0.39, 0.29) is 23.2 Å². The number of carbonyl (C=O) groups is 1. The second kappa shape index (κ2) is 4.88. The van der Waals surface area contributed by atoms with Gasteiger partial charge in [-0.15, -0.1) is 10.2 Å². The van der Waals surface area contributed by atoms with Gasteiger partial charge in [-0.25, -0.2) is 8.42 Å². The summed E-state index contributed by atoms with van der Waals surface area (Å²) < 4.78 is 24.6. The van der Waals surface area contributed by atoms with Gasteiger partial charge < -0.3 is 10.3 Å². The highest BCUT2D eigenvalue weighted by Crippen LogP contribution is 2.29. The molecule has 1 aromatic heterocycles. The number of amides is 1. The van der Waals surface area contributed by atoms with Gasteiger partial charge in [-0.2, -0.15) is 0 Å². The van der Waals surface area contributed by atoms with Crippen molar-refractivity contribution in [3.05, 3.63) is 5.82 Å². The molecule has 0 radical (unpaired) electrons. The summed E-state index contributed by atoms with van der Waals surface area (Å²) in [6.07, 6.45) is 0.578. The topological polar surface area (TPSA) is 108 Å². The number of hydrogen-bond acceptors (Lipinski definition) is 6. The summed E-state index contributed by atoms with van der Waals surface area (Å²) >= 11 is 1.20. The predicted molar refractivity (Wildman–Crippen MR) is 66.9 cm³/mol. The fourth-order valence-electron chi connectivity index (χ4n) is 1.94. The number of nitrogens with two attached hydrogens (primary N) is 1. The van der Waals surface area contributed by atoms with E-state index in [4.69, 9.17) is 5.73 Å². The Morgan fingerprint density at radius 2 is 2.28 bits per heavy atom. The summed E-state index contributed by atoms with van der Waals surface area (Å²) in [5.41, 5.74) is 5.06. The van der Waals surface area contributed by atoms with Gasteiger partial charge in [-0.3, -0.25) is 4.79 Å². The highest BCUT2D eigenvalue weighted by molar-refractivity contribution is 7.99. The molecule has 0 saturated carbocycles. The Morgan fingerprint density at radius 3 is 2.83 bits per heavy atom. The van der Waals surface area contributed by atoms with E-state index in [0.717, 1.165) is 0 Å². The minimum absolute atomic E-state index is 0.101. The molecule has 100 valence electrons. The lowest BCUT2D eigenvalue weighted by molar-refractivity contribution is -0.115. The van der Waals surface area contributed by atoms with Gasteiger partial charge in [0.2, 0.25) is 5.91 Å². The third-order valence-electron chi connectivity index (χ3n) is 2.81. The number of rotatable bonds is 4. The molecule has 1 saturated heterocycles. The summed E-state index contributed by atoms with van der Waals surface area (Å²) in [6.45, 7) is 0. The van der Waals surface area contributed by atoms with Gasteiger partial charge in [0.05, 0.1) is 17.3 Å². The Morgan fingerprint density at radius 1 is 1.56 bits per heavy atom. The van der Waals surface area contributed by atoms with Crippen molar-refractivity contribution in [1.82, 2.24) is 14.8 Å². The first-order valence-corrected chi connectivity index (χ1v) is 8.20. The fraction of sp³-hybridized carbons (Fsp3) is 0.667. The number of aromatic nitrogens is 3. The SMILES string of the molecule is Cn1c(SCC(N)=O)nnc1[C@H]1CCS(=O)(=O)C1. The lowest BCUT2D eigenvalue weighted by atomic mass is 10.1. The van der Waals surface area contributed by atoms with Crippen LogP contribution in [0.4, 0.5) is 0 Å². The molecule has 2 rings (SSSR count).